The Bertz CT molecular complexity index is 805. The van der Waals surface area contributed by atoms with Crippen molar-refractivity contribution in [2.45, 2.75) is 6.54 Å². The monoisotopic (exact) mass is 463 g/mol. The Morgan fingerprint density at radius 3 is 1.64 bits per heavy atom. The molecule has 33 heavy (non-hydrogen) atoms. The van der Waals surface area contributed by atoms with E-state index in [9.17, 15) is 24.5 Å². The molecule has 0 aliphatic carbocycles. The molecule has 1 aliphatic rings. The highest BCUT2D eigenvalue weighted by Crippen LogP contribution is 2.14. The molecule has 4 N–H and O–H groups in total. The molecule has 1 aromatic carbocycles. The van der Waals surface area contributed by atoms with Crippen molar-refractivity contribution in [2.75, 3.05) is 72.0 Å². The lowest BCUT2D eigenvalue weighted by Crippen LogP contribution is -2.48. The number of non-ortho nitro benzene ring substituents is 1. The van der Waals surface area contributed by atoms with Crippen LogP contribution in [0.3, 0.4) is 0 Å². The molecule has 1 saturated heterocycles. The van der Waals surface area contributed by atoms with Crippen LogP contribution in [0.1, 0.15) is 5.56 Å². The Morgan fingerprint density at radius 2 is 1.24 bits per heavy atom. The Labute approximate surface area is 193 Å². The van der Waals surface area contributed by atoms with Gasteiger partial charge in [0.25, 0.3) is 5.69 Å². The van der Waals surface area contributed by atoms with E-state index >= 15 is 0 Å². The maximum atomic E-state index is 11.6. The molecule has 1 fully saturated rings. The first-order chi connectivity index (χ1) is 15.8. The normalized spacial score (nSPS) is 18.2. The van der Waals surface area contributed by atoms with Crippen molar-refractivity contribution in [3.05, 3.63) is 39.9 Å². The van der Waals surface area contributed by atoms with E-state index in [1.165, 1.54) is 12.1 Å². The van der Waals surface area contributed by atoms with E-state index in [-0.39, 0.29) is 25.3 Å². The van der Waals surface area contributed by atoms with Crippen LogP contribution in [0.15, 0.2) is 24.3 Å². The minimum atomic E-state index is -0.431. The highest BCUT2D eigenvalue weighted by Gasteiger charge is 2.18. The Kier molecular flexibility index (Phi) is 10.8. The van der Waals surface area contributed by atoms with Crippen molar-refractivity contribution >= 4 is 23.8 Å². The first-order valence-corrected chi connectivity index (χ1v) is 10.9. The van der Waals surface area contributed by atoms with E-state index in [1.807, 2.05) is 14.7 Å². The molecule has 2 rings (SSSR count). The van der Waals surface area contributed by atoms with E-state index in [4.69, 9.17) is 11.5 Å². The summed E-state index contributed by atoms with van der Waals surface area (Å²) in [7, 11) is 0. The number of hydrogen-bond acceptors (Lipinski definition) is 9. The number of carbonyl (C=O) groups is 3. The number of primary amides is 2. The molecule has 12 heteroatoms. The molecule has 1 heterocycles. The van der Waals surface area contributed by atoms with Crippen LogP contribution in [0.2, 0.25) is 0 Å². The zero-order valence-corrected chi connectivity index (χ0v) is 18.8. The van der Waals surface area contributed by atoms with Crippen LogP contribution in [-0.2, 0) is 20.9 Å². The number of amides is 2. The fraction of sp³-hybridized carbons (Fsp3) is 0.571. The maximum absolute atomic E-state index is 11.6. The summed E-state index contributed by atoms with van der Waals surface area (Å²) in [4.78, 5) is 52.7. The minimum Gasteiger partial charge on any atom is -0.369 e. The van der Waals surface area contributed by atoms with Crippen molar-refractivity contribution in [1.82, 2.24) is 19.6 Å². The highest BCUT2D eigenvalue weighted by molar-refractivity contribution is 5.76. The largest absolute Gasteiger partial charge is 0.369 e. The average molecular weight is 464 g/mol. The Balaban J connectivity index is 2.14. The van der Waals surface area contributed by atoms with E-state index in [0.29, 0.717) is 58.9 Å². The van der Waals surface area contributed by atoms with Crippen molar-refractivity contribution in [2.24, 2.45) is 11.5 Å². The standard InChI is InChI=1S/C21H33N7O5/c22-20(30)16-26-8-6-24(13-14-29)5-7-25(9-10-27(12-11-26)17-21(23)31)15-18-1-3-19(4-2-18)28(32)33/h1-4,14H,5-13,15-17H2,(H2,22,30)(H2,23,31). The van der Waals surface area contributed by atoms with Gasteiger partial charge >= 0.3 is 0 Å². The van der Waals surface area contributed by atoms with Crippen molar-refractivity contribution in [1.29, 1.82) is 0 Å². The van der Waals surface area contributed by atoms with Crippen LogP contribution in [0, 0.1) is 10.1 Å². The number of hydrogen-bond donors (Lipinski definition) is 2. The summed E-state index contributed by atoms with van der Waals surface area (Å²) in [5.74, 6) is -0.859. The molecule has 12 nitrogen and oxygen atoms in total. The molecule has 1 aromatic rings. The number of nitro benzene ring substituents is 1. The van der Waals surface area contributed by atoms with Crippen molar-refractivity contribution in [3.8, 4) is 0 Å². The van der Waals surface area contributed by atoms with Gasteiger partial charge in [0.05, 0.1) is 24.6 Å². The SMILES string of the molecule is NC(=O)CN1CCN(CC=O)CCN(Cc2ccc([N+](=O)[O-])cc2)CCN(CC(N)=O)CC1. The molecule has 0 spiro atoms. The third-order valence-electron chi connectivity index (χ3n) is 5.57. The third-order valence-corrected chi connectivity index (χ3v) is 5.57. The van der Waals surface area contributed by atoms with Gasteiger partial charge in [0.1, 0.15) is 6.29 Å². The van der Waals surface area contributed by atoms with E-state index < -0.39 is 16.7 Å². The van der Waals surface area contributed by atoms with Crippen LogP contribution < -0.4 is 11.5 Å². The molecule has 0 unspecified atom stereocenters. The van der Waals surface area contributed by atoms with Gasteiger partial charge < -0.3 is 16.3 Å². The fourth-order valence-electron chi connectivity index (χ4n) is 3.76. The molecule has 0 saturated carbocycles. The number of nitrogens with zero attached hydrogens (tertiary/aromatic N) is 5. The van der Waals surface area contributed by atoms with Crippen molar-refractivity contribution < 1.29 is 19.3 Å². The molecule has 1 aliphatic heterocycles. The molecule has 0 aromatic heterocycles. The van der Waals surface area contributed by atoms with Crippen LogP contribution in [-0.4, -0.2) is 115 Å². The summed E-state index contributed by atoms with van der Waals surface area (Å²) in [6.07, 6.45) is 0.861. The van der Waals surface area contributed by atoms with Gasteiger partial charge in [-0.2, -0.15) is 0 Å². The average Bonchev–Trinajstić information content (AvgIpc) is 2.75. The van der Waals surface area contributed by atoms with Gasteiger partial charge in [-0.25, -0.2) is 0 Å². The van der Waals surface area contributed by atoms with Crippen LogP contribution in [0.25, 0.3) is 0 Å². The van der Waals surface area contributed by atoms with Gasteiger partial charge in [0.2, 0.25) is 11.8 Å². The molecule has 182 valence electrons. The van der Waals surface area contributed by atoms with E-state index in [1.54, 1.807) is 12.1 Å². The number of rotatable bonds is 9. The topological polar surface area (TPSA) is 159 Å². The van der Waals surface area contributed by atoms with Gasteiger partial charge in [-0.1, -0.05) is 12.1 Å². The highest BCUT2D eigenvalue weighted by atomic mass is 16.6. The Morgan fingerprint density at radius 1 is 0.818 bits per heavy atom. The number of carbonyl (C=O) groups excluding carboxylic acids is 3. The lowest BCUT2D eigenvalue weighted by atomic mass is 10.2. The summed E-state index contributed by atoms with van der Waals surface area (Å²) in [5.41, 5.74) is 11.8. The second-order valence-corrected chi connectivity index (χ2v) is 8.15. The lowest BCUT2D eigenvalue weighted by molar-refractivity contribution is -0.384. The minimum absolute atomic E-state index is 0.0396. The number of aldehydes is 1. The van der Waals surface area contributed by atoms with Crippen LogP contribution >= 0.6 is 0 Å². The van der Waals surface area contributed by atoms with E-state index in [2.05, 4.69) is 4.90 Å². The van der Waals surface area contributed by atoms with Crippen molar-refractivity contribution in [3.63, 3.8) is 0 Å². The summed E-state index contributed by atoms with van der Waals surface area (Å²) in [5, 5.41) is 10.9. The summed E-state index contributed by atoms with van der Waals surface area (Å²) >= 11 is 0. The fourth-order valence-corrected chi connectivity index (χ4v) is 3.76. The van der Waals surface area contributed by atoms with Crippen LogP contribution in [0.4, 0.5) is 5.69 Å². The van der Waals surface area contributed by atoms with Gasteiger partial charge in [0.15, 0.2) is 0 Å². The number of benzene rings is 1. The zero-order valence-electron chi connectivity index (χ0n) is 18.8. The second kappa shape index (κ2) is 13.6. The third kappa shape index (κ3) is 10.0. The number of nitrogens with two attached hydrogens (primary N) is 2. The number of nitro groups is 1. The van der Waals surface area contributed by atoms with E-state index in [0.717, 1.165) is 11.8 Å². The van der Waals surface area contributed by atoms with Gasteiger partial charge in [-0.05, 0) is 5.56 Å². The molecular weight excluding hydrogens is 430 g/mol. The maximum Gasteiger partial charge on any atom is 0.269 e. The molecule has 0 atom stereocenters. The second-order valence-electron chi connectivity index (χ2n) is 8.15. The molecule has 2 amide bonds. The summed E-state index contributed by atoms with van der Waals surface area (Å²) in [6.45, 7) is 5.78. The van der Waals surface area contributed by atoms with Gasteiger partial charge in [-0.15, -0.1) is 0 Å². The van der Waals surface area contributed by atoms with Crippen LogP contribution in [0.5, 0.6) is 0 Å². The smallest absolute Gasteiger partial charge is 0.269 e. The van der Waals surface area contributed by atoms with Gasteiger partial charge in [0, 0.05) is 71.0 Å². The van der Waals surface area contributed by atoms with Gasteiger partial charge in [-0.3, -0.25) is 39.3 Å². The Hall–Kier alpha value is -2.93. The first-order valence-electron chi connectivity index (χ1n) is 10.9. The summed E-state index contributed by atoms with van der Waals surface area (Å²) < 4.78 is 0. The molecule has 0 radical (unpaired) electrons. The zero-order chi connectivity index (χ0) is 24.2. The quantitative estimate of drug-likeness (QED) is 0.252. The molecular formula is C21H33N7O5. The lowest BCUT2D eigenvalue weighted by Gasteiger charge is -2.33. The predicted molar refractivity (Wildman–Crippen MR) is 122 cm³/mol. The molecule has 0 bridgehead atoms. The predicted octanol–water partition coefficient (Wildman–Crippen LogP) is -1.51. The first kappa shape index (κ1) is 26.3. The summed E-state index contributed by atoms with van der Waals surface area (Å²) in [6, 6.07) is 6.44.